The summed E-state index contributed by atoms with van der Waals surface area (Å²) < 4.78 is 63.6. The second-order valence-electron chi connectivity index (χ2n) is 18.9. The van der Waals surface area contributed by atoms with Crippen LogP contribution in [0.4, 0.5) is 0 Å². The monoisotopic (exact) mass is 1220 g/mol. The molecule has 6 rings (SSSR count). The molecular formula is C67H64O22. The highest BCUT2D eigenvalue weighted by Crippen LogP contribution is 2.22. The molecule has 0 unspecified atom stereocenters. The lowest BCUT2D eigenvalue weighted by atomic mass is 10.2. The minimum absolute atomic E-state index is 0.0168. The summed E-state index contributed by atoms with van der Waals surface area (Å²) in [6, 6.07) is 35.7. The lowest BCUT2D eigenvalue weighted by Gasteiger charge is -2.09. The van der Waals surface area contributed by atoms with Crippen LogP contribution in [0.5, 0.6) is 34.5 Å². The highest BCUT2D eigenvalue weighted by Gasteiger charge is 2.18. The van der Waals surface area contributed by atoms with Crippen molar-refractivity contribution in [2.24, 2.45) is 0 Å². The largest absolute Gasteiger partial charge is 0.494 e. The summed E-state index contributed by atoms with van der Waals surface area (Å²) in [5, 5.41) is 0. The van der Waals surface area contributed by atoms with Gasteiger partial charge < -0.3 is 56.8 Å². The lowest BCUT2D eigenvalue weighted by Crippen LogP contribution is -2.15. The molecule has 0 fully saturated rings. The molecule has 0 amide bonds. The molecule has 0 atom stereocenters. The van der Waals surface area contributed by atoms with Crippen molar-refractivity contribution in [3.05, 3.63) is 204 Å². The van der Waals surface area contributed by atoms with Gasteiger partial charge in [0, 0.05) is 12.2 Å². The predicted octanol–water partition coefficient (Wildman–Crippen LogP) is 10.4. The molecule has 0 saturated heterocycles. The summed E-state index contributed by atoms with van der Waals surface area (Å²) in [5.74, 6) is -4.59. The number of hydrogen-bond acceptors (Lipinski definition) is 22. The van der Waals surface area contributed by atoms with Gasteiger partial charge in [0.25, 0.3) is 0 Å². The fourth-order valence-corrected chi connectivity index (χ4v) is 7.42. The summed E-state index contributed by atoms with van der Waals surface area (Å²) in [7, 11) is 0. The first-order valence-electron chi connectivity index (χ1n) is 28.1. The van der Waals surface area contributed by atoms with Crippen LogP contribution in [0.3, 0.4) is 0 Å². The molecule has 0 heterocycles. The fraction of sp³-hybridized carbons (Fsp3) is 0.254. The molecule has 0 saturated carbocycles. The molecule has 6 aromatic carbocycles. The maximum absolute atomic E-state index is 12.8. The number of unbranched alkanes of at least 4 members (excludes halogenated alkanes) is 4. The molecule has 0 bridgehead atoms. The molecule has 0 aliphatic heterocycles. The van der Waals surface area contributed by atoms with E-state index in [0.29, 0.717) is 76.1 Å². The summed E-state index contributed by atoms with van der Waals surface area (Å²) in [6.45, 7) is 7.98. The van der Waals surface area contributed by atoms with Gasteiger partial charge in [-0.15, -0.1) is 0 Å². The molecule has 0 aliphatic rings. The Labute approximate surface area is 512 Å². The van der Waals surface area contributed by atoms with Crippen LogP contribution in [-0.2, 0) is 47.6 Å². The number of benzene rings is 6. The number of rotatable bonds is 36. The van der Waals surface area contributed by atoms with Crippen molar-refractivity contribution in [3.63, 3.8) is 0 Å². The molecule has 0 N–H and O–H groups in total. The summed E-state index contributed by atoms with van der Waals surface area (Å²) in [4.78, 5) is 123. The first kappa shape index (κ1) is 67.2. The van der Waals surface area contributed by atoms with Gasteiger partial charge in [0.15, 0.2) is 0 Å². The zero-order chi connectivity index (χ0) is 63.6. The van der Waals surface area contributed by atoms with Crippen molar-refractivity contribution in [2.45, 2.75) is 57.8 Å². The van der Waals surface area contributed by atoms with Gasteiger partial charge in [-0.2, -0.15) is 0 Å². The summed E-state index contributed by atoms with van der Waals surface area (Å²) in [5.41, 5.74) is 1.31. The van der Waals surface area contributed by atoms with Crippen LogP contribution in [0.15, 0.2) is 171 Å². The van der Waals surface area contributed by atoms with Crippen molar-refractivity contribution >= 4 is 59.7 Å². The Kier molecular flexibility index (Phi) is 27.8. The summed E-state index contributed by atoms with van der Waals surface area (Å²) >= 11 is 0. The topological polar surface area (TPSA) is 281 Å². The third kappa shape index (κ3) is 24.5. The van der Waals surface area contributed by atoms with E-state index >= 15 is 0 Å². The average molecular weight is 1220 g/mol. The van der Waals surface area contributed by atoms with E-state index in [1.165, 1.54) is 97.1 Å². The second-order valence-corrected chi connectivity index (χ2v) is 18.9. The zero-order valence-electron chi connectivity index (χ0n) is 48.4. The lowest BCUT2D eigenvalue weighted by molar-refractivity contribution is -0.155. The van der Waals surface area contributed by atoms with Crippen LogP contribution < -0.4 is 28.4 Å². The van der Waals surface area contributed by atoms with Crippen LogP contribution in [0, 0.1) is 0 Å². The molecule has 22 nitrogen and oxygen atoms in total. The number of carbonyl (C=O) groups is 10. The Morgan fingerprint density at radius 1 is 0.258 bits per heavy atom. The van der Waals surface area contributed by atoms with E-state index in [4.69, 9.17) is 56.8 Å². The van der Waals surface area contributed by atoms with Gasteiger partial charge in [0.2, 0.25) is 0 Å². The highest BCUT2D eigenvalue weighted by molar-refractivity contribution is 5.95. The average Bonchev–Trinajstić information content (AvgIpc) is 3.41. The van der Waals surface area contributed by atoms with Crippen molar-refractivity contribution in [1.29, 1.82) is 0 Å². The first-order valence-corrected chi connectivity index (χ1v) is 28.1. The van der Waals surface area contributed by atoms with E-state index < -0.39 is 66.1 Å². The third-order valence-corrected chi connectivity index (χ3v) is 12.2. The minimum atomic E-state index is -0.791. The van der Waals surface area contributed by atoms with Crippen molar-refractivity contribution in [1.82, 2.24) is 0 Å². The van der Waals surface area contributed by atoms with Crippen LogP contribution in [0.25, 0.3) is 0 Å². The number of esters is 10. The third-order valence-electron chi connectivity index (χ3n) is 12.2. The van der Waals surface area contributed by atoms with E-state index in [1.807, 2.05) is 0 Å². The van der Waals surface area contributed by atoms with Crippen LogP contribution in [0.2, 0.25) is 0 Å². The quantitative estimate of drug-likeness (QED) is 0.00882. The van der Waals surface area contributed by atoms with Crippen LogP contribution in [-0.4, -0.2) is 113 Å². The van der Waals surface area contributed by atoms with E-state index in [-0.39, 0.29) is 96.0 Å². The standard InChI is InChI=1S/C67H64O22/c1-3-58(68)80-39-7-5-37-78-52-25-13-48(14-26-52)64(74)88-56-33-21-50(22-34-56)66(76)86-54-29-17-46(18-30-54)62(72)84-43-11-9-41-82-60(70)45-61(71)83-42-10-12-44-85-63(73)47-19-31-55(32-20-47)87-67(77)51-23-35-57(36-24-51)89-65(75)49-15-27-53(28-16-49)79-38-6-8-40-81-59(69)4-2/h3-4,13-36H,1-2,5-12,37-45H2. The number of hydrogen-bond donors (Lipinski definition) is 0. The smallest absolute Gasteiger partial charge is 0.343 e. The molecule has 22 heteroatoms. The Bertz CT molecular complexity index is 3130. The molecule has 464 valence electrons. The molecule has 0 aromatic heterocycles. The SMILES string of the molecule is C=CC(=O)OCCCCOc1ccc(C(=O)Oc2ccc(C(=O)Oc3ccc(C(=O)OCCCCOC(=O)CC(=O)OCCCCOC(=O)c4ccc(OC(=O)c5ccc(OC(=O)c6ccc(OCCCCOC(=O)C=C)cc6)cc5)cc4)cc3)cc2)cc1. The Morgan fingerprint density at radius 2 is 0.472 bits per heavy atom. The Hall–Kier alpha value is -10.9. The summed E-state index contributed by atoms with van der Waals surface area (Å²) in [6.07, 6.45) is 5.54. The molecule has 0 spiro atoms. The highest BCUT2D eigenvalue weighted by atomic mass is 16.6. The van der Waals surface area contributed by atoms with Gasteiger partial charge in [0.05, 0.1) is 86.2 Å². The van der Waals surface area contributed by atoms with Gasteiger partial charge >= 0.3 is 59.7 Å². The molecular weight excluding hydrogens is 1160 g/mol. The molecule has 0 radical (unpaired) electrons. The minimum Gasteiger partial charge on any atom is -0.494 e. The number of ether oxygens (including phenoxy) is 12. The maximum Gasteiger partial charge on any atom is 0.343 e. The molecule has 6 aromatic rings. The first-order chi connectivity index (χ1) is 43.2. The van der Waals surface area contributed by atoms with Gasteiger partial charge in [-0.3, -0.25) is 9.59 Å². The van der Waals surface area contributed by atoms with Crippen molar-refractivity contribution in [2.75, 3.05) is 52.9 Å². The zero-order valence-corrected chi connectivity index (χ0v) is 48.4. The van der Waals surface area contributed by atoms with Gasteiger partial charge in [-0.25, -0.2) is 38.4 Å². The second kappa shape index (κ2) is 36.8. The fourth-order valence-electron chi connectivity index (χ4n) is 7.42. The van der Waals surface area contributed by atoms with Gasteiger partial charge in [0.1, 0.15) is 40.9 Å². The van der Waals surface area contributed by atoms with Crippen LogP contribution >= 0.6 is 0 Å². The van der Waals surface area contributed by atoms with E-state index in [9.17, 15) is 47.9 Å². The Balaban J connectivity index is 0.752. The number of carbonyl (C=O) groups excluding carboxylic acids is 10. The predicted molar refractivity (Wildman–Crippen MR) is 316 cm³/mol. The van der Waals surface area contributed by atoms with Crippen LogP contribution in [0.1, 0.15) is 120 Å². The normalized spacial score (nSPS) is 10.4. The van der Waals surface area contributed by atoms with Gasteiger partial charge in [-0.05, 0) is 197 Å². The molecule has 0 aliphatic carbocycles. The van der Waals surface area contributed by atoms with E-state index in [2.05, 4.69) is 13.2 Å². The molecule has 89 heavy (non-hydrogen) atoms. The Morgan fingerprint density at radius 3 is 0.730 bits per heavy atom. The van der Waals surface area contributed by atoms with Gasteiger partial charge in [-0.1, -0.05) is 13.2 Å². The maximum atomic E-state index is 12.8. The van der Waals surface area contributed by atoms with Crippen molar-refractivity contribution in [3.8, 4) is 34.5 Å². The van der Waals surface area contributed by atoms with Crippen molar-refractivity contribution < 1.29 is 105 Å². The van der Waals surface area contributed by atoms with E-state index in [1.54, 1.807) is 48.5 Å². The van der Waals surface area contributed by atoms with E-state index in [0.717, 1.165) is 12.2 Å².